The van der Waals surface area contributed by atoms with Crippen LogP contribution < -0.4 is 5.32 Å². The first kappa shape index (κ1) is 17.7. The van der Waals surface area contributed by atoms with Gasteiger partial charge in [0.1, 0.15) is 5.00 Å². The summed E-state index contributed by atoms with van der Waals surface area (Å²) in [6.45, 7) is 3.06. The van der Waals surface area contributed by atoms with E-state index >= 15 is 0 Å². The number of ether oxygens (including phenoxy) is 1. The van der Waals surface area contributed by atoms with Crippen LogP contribution in [0.15, 0.2) is 6.08 Å². The van der Waals surface area contributed by atoms with Crippen LogP contribution in [0.2, 0.25) is 0 Å². The van der Waals surface area contributed by atoms with Crippen LogP contribution >= 0.6 is 11.3 Å². The van der Waals surface area contributed by atoms with Crippen molar-refractivity contribution < 1.29 is 27.5 Å². The lowest BCUT2D eigenvalue weighted by Gasteiger charge is -2.08. The van der Waals surface area contributed by atoms with Crippen LogP contribution in [0, 0.1) is 18.3 Å². The highest BCUT2D eigenvalue weighted by Gasteiger charge is 2.40. The van der Waals surface area contributed by atoms with Crippen molar-refractivity contribution in [2.75, 3.05) is 12.4 Å². The van der Waals surface area contributed by atoms with Crippen molar-refractivity contribution in [3.8, 4) is 6.07 Å². The molecule has 0 unspecified atom stereocenters. The Morgan fingerprint density at radius 2 is 2.00 bits per heavy atom. The average Bonchev–Trinajstić information content (AvgIpc) is 2.74. The van der Waals surface area contributed by atoms with Crippen LogP contribution in [0.5, 0.6) is 0 Å². The maximum Gasteiger partial charge on any atom is 0.471 e. The Labute approximate surface area is 128 Å². The molecule has 1 heterocycles. The molecule has 1 rings (SSSR count). The summed E-state index contributed by atoms with van der Waals surface area (Å²) in [7, 11) is 1.08. The van der Waals surface area contributed by atoms with Crippen molar-refractivity contribution >= 4 is 33.8 Å². The summed E-state index contributed by atoms with van der Waals surface area (Å²) in [5, 5.41) is 10.0. The lowest BCUT2D eigenvalue weighted by molar-refractivity contribution is -0.167. The Kier molecular flexibility index (Phi) is 5.33. The molecule has 0 fully saturated rings. The SMILES string of the molecule is COC(=O)c1c(NC(=O)C(F)(F)F)sc(C(C)=CC#N)c1C. The normalized spacial score (nSPS) is 11.8. The van der Waals surface area contributed by atoms with Gasteiger partial charge in [-0.25, -0.2) is 4.79 Å². The van der Waals surface area contributed by atoms with Gasteiger partial charge in [-0.2, -0.15) is 18.4 Å². The van der Waals surface area contributed by atoms with Gasteiger partial charge >= 0.3 is 18.1 Å². The highest BCUT2D eigenvalue weighted by atomic mass is 32.1. The molecule has 0 atom stereocenters. The first-order chi connectivity index (χ1) is 10.1. The topological polar surface area (TPSA) is 79.2 Å². The summed E-state index contributed by atoms with van der Waals surface area (Å²) in [5.41, 5.74) is 0.631. The van der Waals surface area contributed by atoms with Gasteiger partial charge < -0.3 is 10.1 Å². The van der Waals surface area contributed by atoms with Gasteiger partial charge in [0, 0.05) is 11.0 Å². The minimum atomic E-state index is -5.08. The number of amides is 1. The van der Waals surface area contributed by atoms with Crippen molar-refractivity contribution in [3.05, 3.63) is 22.1 Å². The lowest BCUT2D eigenvalue weighted by Crippen LogP contribution is -2.30. The maximum absolute atomic E-state index is 12.4. The van der Waals surface area contributed by atoms with Crippen LogP contribution in [0.1, 0.15) is 27.7 Å². The largest absolute Gasteiger partial charge is 0.471 e. The standard InChI is InChI=1S/C13H11F3N2O3S/c1-6(4-5-17)9-7(2)8(11(19)21-3)10(22-9)18-12(20)13(14,15)16/h4H,1-3H3,(H,18,20). The molecule has 1 aromatic heterocycles. The fourth-order valence-electron chi connectivity index (χ4n) is 1.66. The van der Waals surface area contributed by atoms with E-state index < -0.39 is 18.1 Å². The summed E-state index contributed by atoms with van der Waals surface area (Å²) < 4.78 is 41.6. The Balaban J connectivity index is 3.41. The number of rotatable bonds is 3. The van der Waals surface area contributed by atoms with E-state index in [1.165, 1.54) is 13.0 Å². The second-order valence-electron chi connectivity index (χ2n) is 4.16. The van der Waals surface area contributed by atoms with E-state index in [2.05, 4.69) is 4.74 Å². The molecule has 0 aromatic carbocycles. The summed E-state index contributed by atoms with van der Waals surface area (Å²) >= 11 is 0.770. The van der Waals surface area contributed by atoms with E-state index in [9.17, 15) is 22.8 Å². The van der Waals surface area contributed by atoms with E-state index in [0.29, 0.717) is 16.0 Å². The molecular formula is C13H11F3N2O3S. The van der Waals surface area contributed by atoms with Crippen LogP contribution in [-0.4, -0.2) is 25.2 Å². The number of anilines is 1. The van der Waals surface area contributed by atoms with Gasteiger partial charge in [0.05, 0.1) is 18.7 Å². The fraction of sp³-hybridized carbons (Fsp3) is 0.308. The molecule has 0 aliphatic heterocycles. The number of halogens is 3. The molecule has 0 radical (unpaired) electrons. The number of hydrogen-bond acceptors (Lipinski definition) is 5. The van der Waals surface area contributed by atoms with Crippen molar-refractivity contribution in [3.63, 3.8) is 0 Å². The van der Waals surface area contributed by atoms with Gasteiger partial charge in [-0.15, -0.1) is 11.3 Å². The molecule has 0 saturated carbocycles. The number of carbonyl (C=O) groups is 2. The van der Waals surface area contributed by atoms with Gasteiger partial charge in [0.2, 0.25) is 0 Å². The van der Waals surface area contributed by atoms with Crippen molar-refractivity contribution in [1.82, 2.24) is 0 Å². The minimum Gasteiger partial charge on any atom is -0.465 e. The first-order valence-corrected chi connectivity index (χ1v) is 6.61. The van der Waals surface area contributed by atoms with Crippen molar-refractivity contribution in [2.45, 2.75) is 20.0 Å². The smallest absolute Gasteiger partial charge is 0.465 e. The molecule has 1 aromatic rings. The predicted octanol–water partition coefficient (Wildman–Crippen LogP) is 3.27. The lowest BCUT2D eigenvalue weighted by atomic mass is 10.1. The maximum atomic E-state index is 12.4. The van der Waals surface area contributed by atoms with Crippen LogP contribution in [0.25, 0.3) is 5.57 Å². The molecule has 0 saturated heterocycles. The Hall–Kier alpha value is -2.34. The Morgan fingerprint density at radius 3 is 2.45 bits per heavy atom. The third kappa shape index (κ3) is 3.65. The number of alkyl halides is 3. The number of thiophene rings is 1. The monoisotopic (exact) mass is 332 g/mol. The molecule has 118 valence electrons. The van der Waals surface area contributed by atoms with E-state index in [0.717, 1.165) is 18.4 Å². The fourth-order valence-corrected chi connectivity index (χ4v) is 2.82. The molecule has 0 aliphatic carbocycles. The van der Waals surface area contributed by atoms with Crippen LogP contribution in [0.3, 0.4) is 0 Å². The third-order valence-electron chi connectivity index (χ3n) is 2.66. The highest BCUT2D eigenvalue weighted by molar-refractivity contribution is 7.18. The zero-order valence-corrected chi connectivity index (χ0v) is 12.6. The number of hydrogen-bond donors (Lipinski definition) is 1. The molecule has 9 heteroatoms. The molecule has 1 N–H and O–H groups in total. The number of nitrogens with one attached hydrogen (secondary N) is 1. The van der Waals surface area contributed by atoms with Gasteiger partial charge in [-0.1, -0.05) is 0 Å². The van der Waals surface area contributed by atoms with Crippen molar-refractivity contribution in [1.29, 1.82) is 5.26 Å². The quantitative estimate of drug-likeness (QED) is 0.680. The summed E-state index contributed by atoms with van der Waals surface area (Å²) in [5.74, 6) is -3.06. The second kappa shape index (κ2) is 6.62. The molecule has 22 heavy (non-hydrogen) atoms. The van der Waals surface area contributed by atoms with Gasteiger partial charge in [0.15, 0.2) is 0 Å². The van der Waals surface area contributed by atoms with E-state index in [1.54, 1.807) is 18.3 Å². The summed E-state index contributed by atoms with van der Waals surface area (Å²) in [6.07, 6.45) is -3.89. The number of esters is 1. The van der Waals surface area contributed by atoms with Crippen LogP contribution in [-0.2, 0) is 9.53 Å². The number of allylic oxidation sites excluding steroid dienone is 2. The van der Waals surface area contributed by atoms with E-state index in [4.69, 9.17) is 5.26 Å². The second-order valence-corrected chi connectivity index (χ2v) is 5.18. The summed E-state index contributed by atoms with van der Waals surface area (Å²) in [4.78, 5) is 23.2. The zero-order valence-electron chi connectivity index (χ0n) is 11.8. The zero-order chi connectivity index (χ0) is 17.1. The van der Waals surface area contributed by atoms with Gasteiger partial charge in [0.25, 0.3) is 0 Å². The average molecular weight is 332 g/mol. The number of nitrogens with zero attached hydrogens (tertiary/aromatic N) is 1. The van der Waals surface area contributed by atoms with Crippen molar-refractivity contribution in [2.24, 2.45) is 0 Å². The Morgan fingerprint density at radius 1 is 1.41 bits per heavy atom. The van der Waals surface area contributed by atoms with E-state index in [-0.39, 0.29) is 10.6 Å². The molecule has 0 aliphatic rings. The molecule has 5 nitrogen and oxygen atoms in total. The number of methoxy groups -OCH3 is 1. The number of nitriles is 1. The summed E-state index contributed by atoms with van der Waals surface area (Å²) in [6, 6.07) is 1.79. The highest BCUT2D eigenvalue weighted by Crippen LogP contribution is 2.38. The van der Waals surface area contributed by atoms with Gasteiger partial charge in [-0.3, -0.25) is 4.79 Å². The minimum absolute atomic E-state index is 0.161. The van der Waals surface area contributed by atoms with E-state index in [1.807, 2.05) is 0 Å². The van der Waals surface area contributed by atoms with Gasteiger partial charge in [-0.05, 0) is 25.0 Å². The number of carbonyl (C=O) groups excluding carboxylic acids is 2. The Bertz CT molecular complexity index is 684. The molecule has 0 bridgehead atoms. The first-order valence-electron chi connectivity index (χ1n) is 5.80. The molecule has 0 spiro atoms. The molecular weight excluding hydrogens is 321 g/mol. The predicted molar refractivity (Wildman–Crippen MR) is 74.3 cm³/mol. The third-order valence-corrected chi connectivity index (χ3v) is 4.00. The van der Waals surface area contributed by atoms with Crippen LogP contribution in [0.4, 0.5) is 18.2 Å². The molecule has 1 amide bonds.